The van der Waals surface area contributed by atoms with Crippen LogP contribution < -0.4 is 5.32 Å². The van der Waals surface area contributed by atoms with E-state index in [9.17, 15) is 0 Å². The van der Waals surface area contributed by atoms with Crippen molar-refractivity contribution in [1.29, 1.82) is 0 Å². The van der Waals surface area contributed by atoms with E-state index in [2.05, 4.69) is 60.2 Å². The van der Waals surface area contributed by atoms with Gasteiger partial charge in [0.1, 0.15) is 0 Å². The van der Waals surface area contributed by atoms with Crippen molar-refractivity contribution in [1.82, 2.24) is 5.32 Å². The maximum absolute atomic E-state index is 3.56. The van der Waals surface area contributed by atoms with Crippen molar-refractivity contribution < 1.29 is 0 Å². The first-order chi connectivity index (χ1) is 6.61. The van der Waals surface area contributed by atoms with Gasteiger partial charge in [0.15, 0.2) is 0 Å². The zero-order valence-corrected chi connectivity index (χ0v) is 10.6. The van der Waals surface area contributed by atoms with Crippen molar-refractivity contribution in [3.05, 3.63) is 34.3 Å². The maximum Gasteiger partial charge on any atom is 0.0303 e. The van der Waals surface area contributed by atoms with Gasteiger partial charge in [0.25, 0.3) is 0 Å². The predicted octanol–water partition coefficient (Wildman–Crippen LogP) is 3.76. The molecule has 0 fully saturated rings. The van der Waals surface area contributed by atoms with E-state index in [-0.39, 0.29) is 0 Å². The van der Waals surface area contributed by atoms with E-state index >= 15 is 0 Å². The van der Waals surface area contributed by atoms with Crippen LogP contribution in [-0.4, -0.2) is 6.54 Å². The molecule has 1 aromatic rings. The number of halogens is 1. The minimum absolute atomic E-state index is 0.410. The highest BCUT2D eigenvalue weighted by Crippen LogP contribution is 2.22. The normalized spacial score (nSPS) is 13.2. The fraction of sp³-hybridized carbons (Fsp3) is 0.500. The Morgan fingerprint density at radius 2 is 1.86 bits per heavy atom. The van der Waals surface area contributed by atoms with Crippen LogP contribution in [0.5, 0.6) is 0 Å². The number of hydrogen-bond acceptors (Lipinski definition) is 1. The molecule has 0 aliphatic carbocycles. The molecule has 0 aromatic heterocycles. The van der Waals surface area contributed by atoms with E-state index < -0.39 is 0 Å². The first-order valence-corrected chi connectivity index (χ1v) is 5.88. The lowest BCUT2D eigenvalue weighted by atomic mass is 10.1. The summed E-state index contributed by atoms with van der Waals surface area (Å²) in [6.07, 6.45) is 0. The van der Waals surface area contributed by atoms with Gasteiger partial charge in [-0.05, 0) is 31.0 Å². The van der Waals surface area contributed by atoms with Crippen molar-refractivity contribution in [2.24, 2.45) is 5.92 Å². The van der Waals surface area contributed by atoms with Crippen molar-refractivity contribution in [3.63, 3.8) is 0 Å². The van der Waals surface area contributed by atoms with Crippen molar-refractivity contribution in [2.75, 3.05) is 6.54 Å². The van der Waals surface area contributed by atoms with Crippen molar-refractivity contribution >= 4 is 15.9 Å². The summed E-state index contributed by atoms with van der Waals surface area (Å²) in [7, 11) is 0. The Labute approximate surface area is 95.0 Å². The van der Waals surface area contributed by atoms with Crippen molar-refractivity contribution in [2.45, 2.75) is 26.8 Å². The summed E-state index contributed by atoms with van der Waals surface area (Å²) in [4.78, 5) is 0. The Hall–Kier alpha value is -0.340. The summed E-state index contributed by atoms with van der Waals surface area (Å²) >= 11 is 3.56. The van der Waals surface area contributed by atoms with Crippen LogP contribution in [0.1, 0.15) is 32.4 Å². The Morgan fingerprint density at radius 1 is 1.21 bits per heavy atom. The molecule has 78 valence electrons. The molecule has 1 aromatic carbocycles. The Balaban J connectivity index is 2.60. The second-order valence-electron chi connectivity index (χ2n) is 4.05. The summed E-state index contributed by atoms with van der Waals surface area (Å²) in [5.41, 5.74) is 1.33. The molecule has 0 aliphatic rings. The van der Waals surface area contributed by atoms with Crippen LogP contribution >= 0.6 is 15.9 Å². The van der Waals surface area contributed by atoms with Crippen LogP contribution in [0.3, 0.4) is 0 Å². The van der Waals surface area contributed by atoms with Gasteiger partial charge < -0.3 is 5.32 Å². The van der Waals surface area contributed by atoms with E-state index in [0.29, 0.717) is 12.0 Å². The lowest BCUT2D eigenvalue weighted by Gasteiger charge is -2.17. The second kappa shape index (κ2) is 5.52. The first kappa shape index (κ1) is 11.7. The molecule has 1 atom stereocenters. The van der Waals surface area contributed by atoms with E-state index in [1.807, 2.05) is 6.07 Å². The Kier molecular flexibility index (Phi) is 4.63. The molecule has 0 radical (unpaired) electrons. The van der Waals surface area contributed by atoms with Gasteiger partial charge in [-0.3, -0.25) is 0 Å². The molecule has 0 bridgehead atoms. The highest BCUT2D eigenvalue weighted by atomic mass is 79.9. The van der Waals surface area contributed by atoms with Gasteiger partial charge >= 0.3 is 0 Å². The van der Waals surface area contributed by atoms with E-state index in [1.165, 1.54) is 10.0 Å². The summed E-state index contributed by atoms with van der Waals surface area (Å²) in [5, 5.41) is 3.51. The third-order valence-corrected chi connectivity index (χ3v) is 2.93. The molecule has 0 saturated heterocycles. The highest BCUT2D eigenvalue weighted by molar-refractivity contribution is 9.10. The summed E-state index contributed by atoms with van der Waals surface area (Å²) in [5.74, 6) is 0.694. The zero-order valence-electron chi connectivity index (χ0n) is 9.05. The average Bonchev–Trinajstić information content (AvgIpc) is 2.15. The Morgan fingerprint density at radius 3 is 2.43 bits per heavy atom. The zero-order chi connectivity index (χ0) is 10.6. The van der Waals surface area contributed by atoms with Crippen LogP contribution in [0.15, 0.2) is 28.7 Å². The van der Waals surface area contributed by atoms with E-state index in [1.54, 1.807) is 0 Å². The molecule has 1 rings (SSSR count). The summed E-state index contributed by atoms with van der Waals surface area (Å²) in [6.45, 7) is 7.70. The maximum atomic E-state index is 3.56. The van der Waals surface area contributed by atoms with Gasteiger partial charge in [0.05, 0.1) is 0 Å². The van der Waals surface area contributed by atoms with E-state index in [0.717, 1.165) is 6.54 Å². The van der Waals surface area contributed by atoms with Gasteiger partial charge in [0, 0.05) is 10.5 Å². The van der Waals surface area contributed by atoms with Gasteiger partial charge in [-0.15, -0.1) is 0 Å². The third-order valence-electron chi connectivity index (χ3n) is 2.20. The molecule has 0 heterocycles. The lowest BCUT2D eigenvalue weighted by Crippen LogP contribution is -2.23. The quantitative estimate of drug-likeness (QED) is 0.864. The minimum Gasteiger partial charge on any atom is -0.310 e. The van der Waals surface area contributed by atoms with Crippen LogP contribution in [-0.2, 0) is 0 Å². The lowest BCUT2D eigenvalue weighted by molar-refractivity contribution is 0.495. The molecule has 14 heavy (non-hydrogen) atoms. The molecule has 2 heteroatoms. The topological polar surface area (TPSA) is 12.0 Å². The summed E-state index contributed by atoms with van der Waals surface area (Å²) in [6, 6.07) is 8.77. The third kappa shape index (κ3) is 3.43. The molecule has 1 nitrogen and oxygen atoms in total. The second-order valence-corrected chi connectivity index (χ2v) is 4.90. The number of benzene rings is 1. The van der Waals surface area contributed by atoms with Gasteiger partial charge in [-0.25, -0.2) is 0 Å². The molecule has 1 N–H and O–H groups in total. The number of hydrogen-bond donors (Lipinski definition) is 1. The fourth-order valence-electron chi connectivity index (χ4n) is 1.35. The molecular formula is C12H18BrN. The number of nitrogens with one attached hydrogen (secondary N) is 1. The van der Waals surface area contributed by atoms with Crippen molar-refractivity contribution in [3.8, 4) is 0 Å². The molecule has 0 unspecified atom stereocenters. The molecule has 0 spiro atoms. The van der Waals surface area contributed by atoms with Crippen LogP contribution in [0.25, 0.3) is 0 Å². The van der Waals surface area contributed by atoms with Gasteiger partial charge in [-0.1, -0.05) is 48.0 Å². The summed E-state index contributed by atoms with van der Waals surface area (Å²) < 4.78 is 1.18. The number of rotatable bonds is 4. The fourth-order valence-corrected chi connectivity index (χ4v) is 1.98. The monoisotopic (exact) mass is 255 g/mol. The SMILES string of the molecule is CC(C)CN[C@H](C)c1ccccc1Br. The van der Waals surface area contributed by atoms with Crippen LogP contribution in [0.4, 0.5) is 0 Å². The van der Waals surface area contributed by atoms with E-state index in [4.69, 9.17) is 0 Å². The Bertz CT molecular complexity index is 283. The average molecular weight is 256 g/mol. The molecule has 0 saturated carbocycles. The molecule has 0 amide bonds. The molecular weight excluding hydrogens is 238 g/mol. The van der Waals surface area contributed by atoms with Gasteiger partial charge in [-0.2, -0.15) is 0 Å². The predicted molar refractivity (Wildman–Crippen MR) is 65.4 cm³/mol. The van der Waals surface area contributed by atoms with Gasteiger partial charge in [0.2, 0.25) is 0 Å². The first-order valence-electron chi connectivity index (χ1n) is 5.09. The standard InChI is InChI=1S/C12H18BrN/c1-9(2)8-14-10(3)11-6-4-5-7-12(11)13/h4-7,9-10,14H,8H2,1-3H3/t10-/m1/s1. The minimum atomic E-state index is 0.410. The highest BCUT2D eigenvalue weighted by Gasteiger charge is 2.07. The van der Waals surface area contributed by atoms with Crippen LogP contribution in [0.2, 0.25) is 0 Å². The largest absolute Gasteiger partial charge is 0.310 e. The van der Waals surface area contributed by atoms with Crippen LogP contribution in [0, 0.1) is 5.92 Å². The smallest absolute Gasteiger partial charge is 0.0303 e. The molecule has 0 aliphatic heterocycles.